The molecule has 106 valence electrons. The van der Waals surface area contributed by atoms with Gasteiger partial charge in [0.25, 0.3) is 0 Å². The van der Waals surface area contributed by atoms with Crippen LogP contribution >= 0.6 is 11.5 Å². The lowest BCUT2D eigenvalue weighted by Crippen LogP contribution is -2.54. The monoisotopic (exact) mass is 290 g/mol. The largest absolute Gasteiger partial charge is 0.480 e. The fourth-order valence-corrected chi connectivity index (χ4v) is 4.08. The standard InChI is InChI=1S/C15H18N2O2S/c1-15(2)8-5-9-17(12(15)14(18)19)13-10-6-3-4-7-11(10)16-20-13/h3-4,6-7,12H,5,8-9H2,1-2H3,(H,18,19). The molecule has 0 saturated carbocycles. The zero-order valence-electron chi connectivity index (χ0n) is 11.7. The number of aromatic nitrogens is 1. The Morgan fingerprint density at radius 3 is 2.95 bits per heavy atom. The van der Waals surface area contributed by atoms with Gasteiger partial charge in [-0.25, -0.2) is 4.79 Å². The predicted octanol–water partition coefficient (Wildman–Crippen LogP) is 3.38. The minimum atomic E-state index is -0.743. The Kier molecular flexibility index (Phi) is 3.17. The third-order valence-corrected chi connectivity index (χ3v) is 5.05. The van der Waals surface area contributed by atoms with Gasteiger partial charge in [-0.3, -0.25) is 0 Å². The van der Waals surface area contributed by atoms with Gasteiger partial charge in [0.1, 0.15) is 11.0 Å². The summed E-state index contributed by atoms with van der Waals surface area (Å²) in [6.45, 7) is 4.87. The first-order chi connectivity index (χ1) is 9.50. The van der Waals surface area contributed by atoms with Crippen LogP contribution in [0.25, 0.3) is 10.9 Å². The van der Waals surface area contributed by atoms with Crippen LogP contribution in [-0.4, -0.2) is 28.0 Å². The van der Waals surface area contributed by atoms with E-state index < -0.39 is 12.0 Å². The highest BCUT2D eigenvalue weighted by molar-refractivity contribution is 7.11. The maximum absolute atomic E-state index is 11.8. The SMILES string of the molecule is CC1(C)CCCN(c2snc3ccccc23)C1C(=O)O. The number of carboxylic acids is 1. The topological polar surface area (TPSA) is 53.4 Å². The van der Waals surface area contributed by atoms with Crippen molar-refractivity contribution in [2.24, 2.45) is 5.41 Å². The molecule has 5 heteroatoms. The second kappa shape index (κ2) is 4.74. The zero-order chi connectivity index (χ0) is 14.3. The molecule has 20 heavy (non-hydrogen) atoms. The summed E-state index contributed by atoms with van der Waals surface area (Å²) < 4.78 is 4.44. The molecule has 1 aliphatic rings. The van der Waals surface area contributed by atoms with E-state index in [0.29, 0.717) is 0 Å². The quantitative estimate of drug-likeness (QED) is 0.921. The first-order valence-corrected chi connectivity index (χ1v) is 7.62. The fourth-order valence-electron chi connectivity index (χ4n) is 3.16. The molecule has 1 aromatic heterocycles. The van der Waals surface area contributed by atoms with Gasteiger partial charge in [0.05, 0.1) is 5.52 Å². The van der Waals surface area contributed by atoms with Crippen molar-refractivity contribution >= 4 is 33.4 Å². The summed E-state index contributed by atoms with van der Waals surface area (Å²) in [7, 11) is 0. The molecule has 1 N–H and O–H groups in total. The van der Waals surface area contributed by atoms with E-state index in [1.807, 2.05) is 43.0 Å². The highest BCUT2D eigenvalue weighted by Gasteiger charge is 2.43. The summed E-state index contributed by atoms with van der Waals surface area (Å²) in [5, 5.41) is 11.7. The molecule has 0 aliphatic carbocycles. The van der Waals surface area contributed by atoms with Crippen LogP contribution in [0.5, 0.6) is 0 Å². The summed E-state index contributed by atoms with van der Waals surface area (Å²) in [5.41, 5.74) is 0.717. The lowest BCUT2D eigenvalue weighted by atomic mass is 9.76. The average Bonchev–Trinajstić information content (AvgIpc) is 2.80. The van der Waals surface area contributed by atoms with Gasteiger partial charge in [0, 0.05) is 11.9 Å². The molecule has 1 unspecified atom stereocenters. The van der Waals surface area contributed by atoms with Crippen molar-refractivity contribution in [2.75, 3.05) is 11.4 Å². The maximum atomic E-state index is 11.8. The van der Waals surface area contributed by atoms with E-state index in [2.05, 4.69) is 4.37 Å². The van der Waals surface area contributed by atoms with Crippen molar-refractivity contribution in [1.82, 2.24) is 4.37 Å². The number of hydrogen-bond donors (Lipinski definition) is 1. The van der Waals surface area contributed by atoms with Gasteiger partial charge >= 0.3 is 5.97 Å². The Bertz CT molecular complexity index is 650. The van der Waals surface area contributed by atoms with Crippen molar-refractivity contribution in [3.63, 3.8) is 0 Å². The molecule has 1 aliphatic heterocycles. The highest BCUT2D eigenvalue weighted by atomic mass is 32.1. The Morgan fingerprint density at radius 1 is 1.45 bits per heavy atom. The summed E-state index contributed by atoms with van der Waals surface area (Å²) >= 11 is 1.40. The molecular weight excluding hydrogens is 272 g/mol. The van der Waals surface area contributed by atoms with E-state index in [4.69, 9.17) is 0 Å². The third kappa shape index (κ3) is 2.06. The van der Waals surface area contributed by atoms with Crippen molar-refractivity contribution in [3.05, 3.63) is 24.3 Å². The number of benzene rings is 1. The molecule has 1 aromatic carbocycles. The van der Waals surface area contributed by atoms with Crippen LogP contribution in [0.2, 0.25) is 0 Å². The highest BCUT2D eigenvalue weighted by Crippen LogP contribution is 2.41. The number of aliphatic carboxylic acids is 1. The smallest absolute Gasteiger partial charge is 0.326 e. The van der Waals surface area contributed by atoms with E-state index >= 15 is 0 Å². The Balaban J connectivity index is 2.09. The van der Waals surface area contributed by atoms with Gasteiger partial charge in [-0.05, 0) is 41.9 Å². The minimum Gasteiger partial charge on any atom is -0.480 e. The normalized spacial score (nSPS) is 22.1. The van der Waals surface area contributed by atoms with E-state index in [9.17, 15) is 9.90 Å². The summed E-state index contributed by atoms with van der Waals surface area (Å²) in [4.78, 5) is 13.8. The van der Waals surface area contributed by atoms with Gasteiger partial charge in [-0.15, -0.1) is 0 Å². The first-order valence-electron chi connectivity index (χ1n) is 6.84. The molecule has 3 rings (SSSR count). The van der Waals surface area contributed by atoms with Crippen LogP contribution in [0.3, 0.4) is 0 Å². The number of carboxylic acid groups (broad SMARTS) is 1. The number of hydrogen-bond acceptors (Lipinski definition) is 4. The van der Waals surface area contributed by atoms with Crippen LogP contribution in [0.1, 0.15) is 26.7 Å². The van der Waals surface area contributed by atoms with Crippen LogP contribution in [-0.2, 0) is 4.79 Å². The molecule has 1 fully saturated rings. The number of anilines is 1. The van der Waals surface area contributed by atoms with Crippen LogP contribution in [0.15, 0.2) is 24.3 Å². The third-order valence-electron chi connectivity index (χ3n) is 4.13. The number of fused-ring (bicyclic) bond motifs is 1. The van der Waals surface area contributed by atoms with Gasteiger partial charge in [-0.2, -0.15) is 4.37 Å². The number of nitrogens with zero attached hydrogens (tertiary/aromatic N) is 2. The molecule has 1 saturated heterocycles. The molecule has 0 spiro atoms. The second-order valence-electron chi connectivity index (χ2n) is 6.03. The number of carbonyl (C=O) groups is 1. The average molecular weight is 290 g/mol. The van der Waals surface area contributed by atoms with Crippen LogP contribution in [0, 0.1) is 5.41 Å². The van der Waals surface area contributed by atoms with Crippen LogP contribution in [0.4, 0.5) is 5.00 Å². The number of rotatable bonds is 2. The van der Waals surface area contributed by atoms with Crippen molar-refractivity contribution in [3.8, 4) is 0 Å². The summed E-state index contributed by atoms with van der Waals surface area (Å²) in [6, 6.07) is 7.45. The van der Waals surface area contributed by atoms with E-state index in [1.54, 1.807) is 0 Å². The maximum Gasteiger partial charge on any atom is 0.326 e. The molecular formula is C15H18N2O2S. The van der Waals surface area contributed by atoms with E-state index in [-0.39, 0.29) is 5.41 Å². The first kappa shape index (κ1) is 13.4. The minimum absolute atomic E-state index is 0.227. The Morgan fingerprint density at radius 2 is 2.20 bits per heavy atom. The second-order valence-corrected chi connectivity index (χ2v) is 6.78. The summed E-state index contributed by atoms with van der Waals surface area (Å²) in [5.74, 6) is -0.743. The lowest BCUT2D eigenvalue weighted by Gasteiger charge is -2.44. The molecule has 4 nitrogen and oxygen atoms in total. The van der Waals surface area contributed by atoms with Gasteiger partial charge in [0.2, 0.25) is 0 Å². The molecule has 0 amide bonds. The van der Waals surface area contributed by atoms with Crippen molar-refractivity contribution in [2.45, 2.75) is 32.7 Å². The van der Waals surface area contributed by atoms with Gasteiger partial charge in [0.15, 0.2) is 0 Å². The van der Waals surface area contributed by atoms with E-state index in [1.165, 1.54) is 11.5 Å². The molecule has 0 bridgehead atoms. The Labute approximate surface area is 122 Å². The van der Waals surface area contributed by atoms with Crippen molar-refractivity contribution < 1.29 is 9.90 Å². The fraction of sp³-hybridized carbons (Fsp3) is 0.467. The van der Waals surface area contributed by atoms with E-state index in [0.717, 1.165) is 35.3 Å². The molecule has 1 atom stereocenters. The lowest BCUT2D eigenvalue weighted by molar-refractivity contribution is -0.142. The summed E-state index contributed by atoms with van der Waals surface area (Å²) in [6.07, 6.45) is 1.96. The van der Waals surface area contributed by atoms with Gasteiger partial charge in [-0.1, -0.05) is 26.0 Å². The molecule has 0 radical (unpaired) electrons. The van der Waals surface area contributed by atoms with Crippen molar-refractivity contribution in [1.29, 1.82) is 0 Å². The van der Waals surface area contributed by atoms with Gasteiger partial charge < -0.3 is 10.0 Å². The van der Waals surface area contributed by atoms with Crippen LogP contribution < -0.4 is 4.90 Å². The zero-order valence-corrected chi connectivity index (χ0v) is 12.5. The Hall–Kier alpha value is -1.62. The molecule has 2 heterocycles. The molecule has 2 aromatic rings. The number of piperidine rings is 1. The predicted molar refractivity (Wildman–Crippen MR) is 81.4 cm³/mol.